The van der Waals surface area contributed by atoms with Gasteiger partial charge in [-0.25, -0.2) is 19.6 Å². The van der Waals surface area contributed by atoms with Gasteiger partial charge in [-0.1, -0.05) is 48.5 Å². The van der Waals surface area contributed by atoms with E-state index in [2.05, 4.69) is 74.1 Å². The number of rotatable bonds is 10. The van der Waals surface area contributed by atoms with E-state index < -0.39 is 23.8 Å². The molecule has 3 heterocycles. The fourth-order valence-corrected chi connectivity index (χ4v) is 8.52. The van der Waals surface area contributed by atoms with E-state index in [1.54, 1.807) is 18.0 Å². The van der Waals surface area contributed by atoms with Crippen molar-refractivity contribution >= 4 is 18.1 Å². The number of carbonyl (C=O) groups excluding carboxylic acids is 3. The molecule has 3 amide bonds. The van der Waals surface area contributed by atoms with E-state index in [0.717, 1.165) is 71.6 Å². The van der Waals surface area contributed by atoms with Crippen LogP contribution in [0.3, 0.4) is 0 Å². The molecule has 54 heavy (non-hydrogen) atoms. The number of likely N-dealkylation sites (tertiary alicyclic amines) is 1. The van der Waals surface area contributed by atoms with Crippen LogP contribution in [0.5, 0.6) is 0 Å². The Balaban J connectivity index is 1.01. The van der Waals surface area contributed by atoms with E-state index in [-0.39, 0.29) is 30.0 Å². The number of methoxy groups -OCH3 is 2. The molecule has 0 radical (unpaired) electrons. The molecule has 2 bridgehead atoms. The Morgan fingerprint density at radius 1 is 0.815 bits per heavy atom. The van der Waals surface area contributed by atoms with Crippen molar-refractivity contribution in [1.82, 2.24) is 35.5 Å². The molecule has 7 atom stereocenters. The number of aromatic amines is 2. The lowest BCUT2D eigenvalue weighted by Crippen LogP contribution is -2.54. The zero-order chi connectivity index (χ0) is 38.1. The summed E-state index contributed by atoms with van der Waals surface area (Å²) in [7, 11) is 2.77. The third kappa shape index (κ3) is 7.73. The molecule has 7 rings (SSSR count). The van der Waals surface area contributed by atoms with Gasteiger partial charge in [-0.3, -0.25) is 4.79 Å². The van der Waals surface area contributed by atoms with Gasteiger partial charge in [-0.2, -0.15) is 0 Å². The summed E-state index contributed by atoms with van der Waals surface area (Å²) in [5.74, 6) is 2.47. The van der Waals surface area contributed by atoms with E-state index in [9.17, 15) is 14.4 Å². The minimum atomic E-state index is -0.884. The van der Waals surface area contributed by atoms with Crippen LogP contribution < -0.4 is 10.6 Å². The SMILES string of the molecule is COC(=O)N[C@H](C(=O)N1CCC[C@H]1c1ncc(-c2ccc(-c3ccc(-c4cnc([C@H]5C6CCC(C6)[C@@H]5NC(=O)OC(C)(C)C)[nH]4)cc3)cc2)[nH]1)C(C)OC. The summed E-state index contributed by atoms with van der Waals surface area (Å²) in [6, 6.07) is 15.6. The number of ether oxygens (including phenoxy) is 3. The van der Waals surface area contributed by atoms with Crippen LogP contribution in [0.25, 0.3) is 33.6 Å². The van der Waals surface area contributed by atoms with Crippen molar-refractivity contribution in [3.63, 3.8) is 0 Å². The number of nitrogens with zero attached hydrogens (tertiary/aromatic N) is 3. The van der Waals surface area contributed by atoms with E-state index in [0.29, 0.717) is 24.2 Å². The highest BCUT2D eigenvalue weighted by atomic mass is 16.6. The number of benzene rings is 2. The van der Waals surface area contributed by atoms with Crippen LogP contribution >= 0.6 is 0 Å². The average Bonchev–Trinajstić information content (AvgIpc) is 4.01. The maximum absolute atomic E-state index is 13.6. The minimum absolute atomic E-state index is 0.0116. The molecule has 0 spiro atoms. The zero-order valence-electron chi connectivity index (χ0n) is 31.8. The molecule has 1 saturated heterocycles. The minimum Gasteiger partial charge on any atom is -0.453 e. The van der Waals surface area contributed by atoms with Crippen molar-refractivity contribution in [3.8, 4) is 33.6 Å². The van der Waals surface area contributed by atoms with Gasteiger partial charge in [0.1, 0.15) is 23.3 Å². The zero-order valence-corrected chi connectivity index (χ0v) is 31.8. The summed E-state index contributed by atoms with van der Waals surface area (Å²) in [6.45, 7) is 7.95. The number of H-pyrrole nitrogens is 2. The number of alkyl carbamates (subject to hydrolysis) is 2. The van der Waals surface area contributed by atoms with Crippen LogP contribution in [0.4, 0.5) is 9.59 Å². The molecule has 13 heteroatoms. The van der Waals surface area contributed by atoms with Gasteiger partial charge in [-0.15, -0.1) is 0 Å². The molecule has 3 aliphatic rings. The molecule has 4 aromatic rings. The Morgan fingerprint density at radius 3 is 1.98 bits per heavy atom. The Bertz CT molecular complexity index is 1950. The Morgan fingerprint density at radius 2 is 1.39 bits per heavy atom. The molecule has 3 fully saturated rings. The number of nitrogens with one attached hydrogen (secondary N) is 4. The van der Waals surface area contributed by atoms with Crippen LogP contribution in [0.15, 0.2) is 60.9 Å². The van der Waals surface area contributed by atoms with Crippen LogP contribution in [0.1, 0.15) is 83.4 Å². The Kier molecular flexibility index (Phi) is 10.5. The van der Waals surface area contributed by atoms with E-state index in [1.165, 1.54) is 14.2 Å². The van der Waals surface area contributed by atoms with Crippen molar-refractivity contribution in [1.29, 1.82) is 0 Å². The Hall–Kier alpha value is -5.17. The first-order chi connectivity index (χ1) is 25.9. The second-order valence-corrected chi connectivity index (χ2v) is 15.8. The molecule has 4 N–H and O–H groups in total. The van der Waals surface area contributed by atoms with Gasteiger partial charge in [0, 0.05) is 25.6 Å². The number of imidazole rings is 2. The highest BCUT2D eigenvalue weighted by Gasteiger charge is 2.50. The smallest absolute Gasteiger partial charge is 0.407 e. The topological polar surface area (TPSA) is 164 Å². The lowest BCUT2D eigenvalue weighted by Gasteiger charge is -2.31. The molecule has 2 aromatic heterocycles. The monoisotopic (exact) mass is 737 g/mol. The number of amides is 3. The quantitative estimate of drug-likeness (QED) is 0.136. The molecule has 3 unspecified atom stereocenters. The highest BCUT2D eigenvalue weighted by molar-refractivity contribution is 5.87. The normalized spacial score (nSPS) is 23.2. The predicted molar refractivity (Wildman–Crippen MR) is 203 cm³/mol. The second kappa shape index (κ2) is 15.3. The van der Waals surface area contributed by atoms with Gasteiger partial charge in [0.15, 0.2) is 0 Å². The van der Waals surface area contributed by atoms with Gasteiger partial charge in [0.25, 0.3) is 0 Å². The summed E-state index contributed by atoms with van der Waals surface area (Å²) in [5, 5.41) is 5.81. The first-order valence-corrected chi connectivity index (χ1v) is 18.9. The molecule has 286 valence electrons. The number of hydrogen-bond acceptors (Lipinski definition) is 8. The lowest BCUT2D eigenvalue weighted by atomic mass is 9.84. The van der Waals surface area contributed by atoms with Crippen LogP contribution in [0, 0.1) is 11.8 Å². The van der Waals surface area contributed by atoms with Crippen molar-refractivity contribution in [2.45, 2.75) is 95.5 Å². The fraction of sp³-hybridized carbons (Fsp3) is 0.488. The summed E-state index contributed by atoms with van der Waals surface area (Å²) in [4.78, 5) is 56.6. The summed E-state index contributed by atoms with van der Waals surface area (Å²) in [6.07, 6.45) is 7.06. The van der Waals surface area contributed by atoms with Crippen LogP contribution in [0.2, 0.25) is 0 Å². The Labute approximate surface area is 316 Å². The molecule has 1 aliphatic heterocycles. The molecule has 2 aromatic carbocycles. The largest absolute Gasteiger partial charge is 0.453 e. The fourth-order valence-electron chi connectivity index (χ4n) is 8.52. The van der Waals surface area contributed by atoms with Crippen molar-refractivity contribution in [3.05, 3.63) is 72.6 Å². The number of hydrogen-bond donors (Lipinski definition) is 4. The second-order valence-electron chi connectivity index (χ2n) is 15.8. The van der Waals surface area contributed by atoms with Gasteiger partial charge in [0.2, 0.25) is 5.91 Å². The van der Waals surface area contributed by atoms with Crippen molar-refractivity contribution in [2.24, 2.45) is 11.8 Å². The van der Waals surface area contributed by atoms with Crippen molar-refractivity contribution < 1.29 is 28.6 Å². The third-order valence-corrected chi connectivity index (χ3v) is 11.2. The number of fused-ring (bicyclic) bond motifs is 2. The molecule has 13 nitrogen and oxygen atoms in total. The number of carbonyl (C=O) groups is 3. The number of aromatic nitrogens is 4. The van der Waals surface area contributed by atoms with Crippen LogP contribution in [-0.2, 0) is 19.0 Å². The highest BCUT2D eigenvalue weighted by Crippen LogP contribution is 2.52. The summed E-state index contributed by atoms with van der Waals surface area (Å²) >= 11 is 0. The lowest BCUT2D eigenvalue weighted by molar-refractivity contribution is -0.137. The summed E-state index contributed by atoms with van der Waals surface area (Å²) in [5.41, 5.74) is 5.46. The van der Waals surface area contributed by atoms with Crippen molar-refractivity contribution in [2.75, 3.05) is 20.8 Å². The standard InChI is InChI=1S/C41H51N7O6/c1-23(52-5)34(46-39(50)53-6)38(49)48-19-7-8-32(48)36-42-21-30(44-36)26-13-9-24(10-14-26)25-11-15-27(16-12-25)31-22-43-37(45-31)33-28-17-18-29(20-28)35(33)47-40(51)54-41(2,3)4/h9-16,21-23,28-29,32-35H,7-8,17-20H2,1-6H3,(H,42,44)(H,43,45)(H,46,50)(H,47,51)/t23?,28?,29?,32-,33-,34-,35-/m0/s1. The van der Waals surface area contributed by atoms with E-state index in [1.807, 2.05) is 27.0 Å². The van der Waals surface area contributed by atoms with Gasteiger partial charge in [0.05, 0.1) is 43.0 Å². The predicted octanol–water partition coefficient (Wildman–Crippen LogP) is 6.96. The van der Waals surface area contributed by atoms with E-state index >= 15 is 0 Å². The first kappa shape index (κ1) is 37.2. The summed E-state index contributed by atoms with van der Waals surface area (Å²) < 4.78 is 15.7. The molecular formula is C41H51N7O6. The first-order valence-electron chi connectivity index (χ1n) is 18.9. The van der Waals surface area contributed by atoms with Gasteiger partial charge in [-0.05, 0) is 93.9 Å². The molecular weight excluding hydrogens is 686 g/mol. The van der Waals surface area contributed by atoms with Gasteiger partial charge >= 0.3 is 12.2 Å². The van der Waals surface area contributed by atoms with E-state index in [4.69, 9.17) is 19.2 Å². The van der Waals surface area contributed by atoms with Crippen LogP contribution in [-0.4, -0.2) is 87.5 Å². The molecule has 2 saturated carbocycles. The average molecular weight is 738 g/mol. The maximum atomic E-state index is 13.6. The van der Waals surface area contributed by atoms with Gasteiger partial charge < -0.3 is 39.7 Å². The molecule has 2 aliphatic carbocycles. The maximum Gasteiger partial charge on any atom is 0.407 e. The third-order valence-electron chi connectivity index (χ3n) is 11.2.